The molecule has 0 bridgehead atoms. The van der Waals surface area contributed by atoms with Gasteiger partial charge in [0.05, 0.1) is 35.5 Å². The maximum Gasteiger partial charge on any atom is 0.271 e. The number of methoxy groups -OCH3 is 2. The number of rotatable bonds is 11. The minimum absolute atomic E-state index is 0.0169. The largest absolute Gasteiger partial charge is 0.493 e. The van der Waals surface area contributed by atoms with Crippen molar-refractivity contribution in [1.29, 1.82) is 0 Å². The first-order valence-electron chi connectivity index (χ1n) is 10.7. The maximum absolute atomic E-state index is 12.5. The number of benzene rings is 3. The monoisotopic (exact) mass is 605 g/mol. The summed E-state index contributed by atoms with van der Waals surface area (Å²) in [6.07, 6.45) is 1.49. The molecule has 36 heavy (non-hydrogen) atoms. The highest BCUT2D eigenvalue weighted by atomic mass is 127. The highest BCUT2D eigenvalue weighted by Gasteiger charge is 2.13. The Morgan fingerprint density at radius 1 is 1.03 bits per heavy atom. The van der Waals surface area contributed by atoms with E-state index in [9.17, 15) is 14.9 Å². The highest BCUT2D eigenvalue weighted by molar-refractivity contribution is 14.1. The van der Waals surface area contributed by atoms with E-state index in [4.69, 9.17) is 18.9 Å². The Bertz CT molecular complexity index is 1260. The van der Waals surface area contributed by atoms with Gasteiger partial charge in [-0.15, -0.1) is 0 Å². The summed E-state index contributed by atoms with van der Waals surface area (Å²) in [4.78, 5) is 22.8. The Hall–Kier alpha value is -3.87. The first-order valence-corrected chi connectivity index (χ1v) is 11.8. The predicted octanol–water partition coefficient (Wildman–Crippen LogP) is 4.96. The molecule has 0 atom stereocenters. The van der Waals surface area contributed by atoms with Crippen LogP contribution in [0.5, 0.6) is 23.0 Å². The molecule has 10 nitrogen and oxygen atoms in total. The van der Waals surface area contributed by atoms with Gasteiger partial charge in [0.2, 0.25) is 0 Å². The highest BCUT2D eigenvalue weighted by Crippen LogP contribution is 2.34. The summed E-state index contributed by atoms with van der Waals surface area (Å²) in [5.74, 6) is 1.61. The number of hydrazone groups is 1. The Kier molecular flexibility index (Phi) is 9.45. The average molecular weight is 605 g/mol. The number of carbonyl (C=O) groups excluding carboxylic acids is 1. The Morgan fingerprint density at radius 3 is 2.39 bits per heavy atom. The van der Waals surface area contributed by atoms with Crippen LogP contribution in [0.15, 0.2) is 59.7 Å². The third-order valence-electron chi connectivity index (χ3n) is 4.89. The third kappa shape index (κ3) is 6.84. The van der Waals surface area contributed by atoms with Gasteiger partial charge < -0.3 is 18.9 Å². The topological polar surface area (TPSA) is 122 Å². The molecule has 0 spiro atoms. The molecule has 0 unspecified atom stereocenters. The molecule has 0 aliphatic carbocycles. The predicted molar refractivity (Wildman–Crippen MR) is 142 cm³/mol. The normalized spacial score (nSPS) is 10.7. The van der Waals surface area contributed by atoms with Crippen molar-refractivity contribution in [2.45, 2.75) is 13.5 Å². The minimum atomic E-state index is -0.450. The lowest BCUT2D eigenvalue weighted by Gasteiger charge is -2.13. The van der Waals surface area contributed by atoms with Crippen LogP contribution >= 0.6 is 22.6 Å². The fourth-order valence-electron chi connectivity index (χ4n) is 3.14. The van der Waals surface area contributed by atoms with Crippen molar-refractivity contribution >= 4 is 40.4 Å². The molecule has 188 valence electrons. The molecule has 0 radical (unpaired) electrons. The van der Waals surface area contributed by atoms with Crippen molar-refractivity contribution in [3.63, 3.8) is 0 Å². The van der Waals surface area contributed by atoms with Crippen molar-refractivity contribution < 1.29 is 28.7 Å². The first-order chi connectivity index (χ1) is 17.4. The van der Waals surface area contributed by atoms with E-state index in [2.05, 4.69) is 33.1 Å². The molecule has 0 aromatic heterocycles. The van der Waals surface area contributed by atoms with Crippen LogP contribution in [0.1, 0.15) is 28.4 Å². The van der Waals surface area contributed by atoms with E-state index in [-0.39, 0.29) is 12.3 Å². The molecule has 0 heterocycles. The van der Waals surface area contributed by atoms with Crippen LogP contribution in [-0.4, -0.2) is 37.9 Å². The van der Waals surface area contributed by atoms with E-state index in [1.807, 2.05) is 13.0 Å². The molecule has 0 fully saturated rings. The van der Waals surface area contributed by atoms with E-state index >= 15 is 0 Å². The van der Waals surface area contributed by atoms with Crippen molar-refractivity contribution in [2.75, 3.05) is 20.8 Å². The van der Waals surface area contributed by atoms with Gasteiger partial charge in [0, 0.05) is 17.7 Å². The molecular formula is C25H24IN3O7. The lowest BCUT2D eigenvalue weighted by Crippen LogP contribution is -2.17. The average Bonchev–Trinajstić information content (AvgIpc) is 2.88. The summed E-state index contributed by atoms with van der Waals surface area (Å²) in [6, 6.07) is 14.6. The summed E-state index contributed by atoms with van der Waals surface area (Å²) >= 11 is 2.11. The van der Waals surface area contributed by atoms with Crippen LogP contribution in [0.25, 0.3) is 0 Å². The summed E-state index contributed by atoms with van der Waals surface area (Å²) in [6.45, 7) is 2.55. The van der Waals surface area contributed by atoms with Crippen LogP contribution in [0.4, 0.5) is 5.69 Å². The second-order valence-electron chi connectivity index (χ2n) is 7.24. The third-order valence-corrected chi connectivity index (χ3v) is 5.69. The van der Waals surface area contributed by atoms with Gasteiger partial charge in [0.15, 0.2) is 23.0 Å². The van der Waals surface area contributed by atoms with Crippen LogP contribution in [0.3, 0.4) is 0 Å². The Balaban J connectivity index is 1.67. The van der Waals surface area contributed by atoms with Crippen LogP contribution < -0.4 is 24.4 Å². The standard InChI is InChI=1S/C25H24IN3O7/c1-4-35-21-10-7-18(13-22(21)33-2)25(30)28-27-14-17-11-20(26)24(23(12-17)34-3)36-15-16-5-8-19(9-6-16)29(31)32/h5-14H,4,15H2,1-3H3,(H,28,30)/b27-14+. The lowest BCUT2D eigenvalue weighted by atomic mass is 10.2. The zero-order valence-corrected chi connectivity index (χ0v) is 22.0. The zero-order valence-electron chi connectivity index (χ0n) is 19.8. The molecule has 1 N–H and O–H groups in total. The van der Waals surface area contributed by atoms with E-state index in [0.29, 0.717) is 40.7 Å². The van der Waals surface area contributed by atoms with Gasteiger partial charge in [-0.3, -0.25) is 14.9 Å². The van der Waals surface area contributed by atoms with Gasteiger partial charge in [-0.05, 0) is 83.1 Å². The molecular weight excluding hydrogens is 581 g/mol. The van der Waals surface area contributed by atoms with E-state index in [1.165, 1.54) is 32.6 Å². The number of amides is 1. The fraction of sp³-hybridized carbons (Fsp3) is 0.200. The number of carbonyl (C=O) groups is 1. The second-order valence-corrected chi connectivity index (χ2v) is 8.41. The van der Waals surface area contributed by atoms with Crippen molar-refractivity contribution in [2.24, 2.45) is 5.10 Å². The molecule has 0 aliphatic rings. The number of nitro groups is 1. The molecule has 0 aliphatic heterocycles. The molecule has 11 heteroatoms. The fourth-order valence-corrected chi connectivity index (χ4v) is 3.92. The number of hydrogen-bond donors (Lipinski definition) is 1. The van der Waals surface area contributed by atoms with Gasteiger partial charge in [-0.25, -0.2) is 5.43 Å². The number of hydrogen-bond acceptors (Lipinski definition) is 8. The van der Waals surface area contributed by atoms with Gasteiger partial charge in [-0.1, -0.05) is 0 Å². The number of nitro benzene ring substituents is 1. The van der Waals surface area contributed by atoms with Gasteiger partial charge >= 0.3 is 0 Å². The van der Waals surface area contributed by atoms with Crippen molar-refractivity contribution in [3.05, 3.63) is 85.0 Å². The van der Waals surface area contributed by atoms with Gasteiger partial charge in [0.1, 0.15) is 6.61 Å². The van der Waals surface area contributed by atoms with Gasteiger partial charge in [0.25, 0.3) is 11.6 Å². The SMILES string of the molecule is CCOc1ccc(C(=O)N/N=C/c2cc(I)c(OCc3ccc([N+](=O)[O-])cc3)c(OC)c2)cc1OC. The molecule has 0 saturated carbocycles. The van der Waals surface area contributed by atoms with Crippen molar-refractivity contribution in [3.8, 4) is 23.0 Å². The molecule has 3 aromatic rings. The van der Waals surface area contributed by atoms with Crippen LogP contribution in [0, 0.1) is 13.7 Å². The number of nitrogens with one attached hydrogen (secondary N) is 1. The smallest absolute Gasteiger partial charge is 0.271 e. The lowest BCUT2D eigenvalue weighted by molar-refractivity contribution is -0.384. The summed E-state index contributed by atoms with van der Waals surface area (Å²) in [5, 5.41) is 14.9. The summed E-state index contributed by atoms with van der Waals surface area (Å²) in [7, 11) is 3.03. The Labute approximate surface area is 221 Å². The van der Waals surface area contributed by atoms with Crippen LogP contribution in [-0.2, 0) is 6.61 Å². The van der Waals surface area contributed by atoms with Crippen LogP contribution in [0.2, 0.25) is 0 Å². The zero-order chi connectivity index (χ0) is 26.1. The number of non-ortho nitro benzene ring substituents is 1. The molecule has 3 aromatic carbocycles. The summed E-state index contributed by atoms with van der Waals surface area (Å²) in [5.41, 5.74) is 4.34. The summed E-state index contributed by atoms with van der Waals surface area (Å²) < 4.78 is 22.9. The second kappa shape index (κ2) is 12.7. The van der Waals surface area contributed by atoms with E-state index in [1.54, 1.807) is 36.4 Å². The number of ether oxygens (including phenoxy) is 4. The minimum Gasteiger partial charge on any atom is -0.493 e. The number of nitrogens with zero attached hydrogens (tertiary/aromatic N) is 2. The van der Waals surface area contributed by atoms with Gasteiger partial charge in [-0.2, -0.15) is 5.10 Å². The quantitative estimate of drug-likeness (QED) is 0.142. The maximum atomic E-state index is 12.5. The van der Waals surface area contributed by atoms with Crippen molar-refractivity contribution in [1.82, 2.24) is 5.43 Å². The molecule has 1 amide bonds. The number of halogens is 1. The van der Waals surface area contributed by atoms with E-state index in [0.717, 1.165) is 9.13 Å². The molecule has 0 saturated heterocycles. The first kappa shape index (κ1) is 26.7. The Morgan fingerprint density at radius 2 is 1.75 bits per heavy atom. The molecule has 3 rings (SSSR count). The van der Waals surface area contributed by atoms with E-state index < -0.39 is 10.8 Å².